The fraction of sp³-hybridized carbons (Fsp3) is 0. The van der Waals surface area contributed by atoms with Gasteiger partial charge in [0.05, 0.1) is 5.69 Å². The fourth-order valence-corrected chi connectivity index (χ4v) is 1.24. The molecule has 1 aromatic heterocycles. The van der Waals surface area contributed by atoms with Crippen LogP contribution in [0.2, 0.25) is 0 Å². The van der Waals surface area contributed by atoms with Gasteiger partial charge in [0.1, 0.15) is 5.71 Å². The Morgan fingerprint density at radius 1 is 1.33 bits per heavy atom. The number of rotatable bonds is 2. The first-order valence-corrected chi connectivity index (χ1v) is 4.49. The van der Waals surface area contributed by atoms with Crippen LogP contribution in [-0.2, 0) is 4.79 Å². The molecule has 15 heavy (non-hydrogen) atoms. The zero-order valence-corrected chi connectivity index (χ0v) is 7.92. The molecule has 0 bridgehead atoms. The molecule has 0 saturated heterocycles. The van der Waals surface area contributed by atoms with Gasteiger partial charge in [0.25, 0.3) is 0 Å². The van der Waals surface area contributed by atoms with Gasteiger partial charge in [-0.15, -0.1) is 0 Å². The van der Waals surface area contributed by atoms with Crippen LogP contribution in [0, 0.1) is 0 Å². The van der Waals surface area contributed by atoms with Gasteiger partial charge < -0.3 is 0 Å². The van der Waals surface area contributed by atoms with Gasteiger partial charge >= 0.3 is 0 Å². The summed E-state index contributed by atoms with van der Waals surface area (Å²) in [5.74, 6) is 0. The quantitative estimate of drug-likeness (QED) is 0.724. The Labute approximate surface area is 87.0 Å². The number of carbonyl (C=O) groups excluding carboxylic acids is 1. The molecule has 0 saturated carbocycles. The van der Waals surface area contributed by atoms with Crippen LogP contribution >= 0.6 is 0 Å². The molecule has 0 amide bonds. The SMILES string of the molecule is O=CC1=CC=CNN=C1c1ccccn1. The van der Waals surface area contributed by atoms with Gasteiger partial charge in [0, 0.05) is 18.0 Å². The number of aromatic nitrogens is 1. The smallest absolute Gasteiger partial charge is 0.152 e. The summed E-state index contributed by atoms with van der Waals surface area (Å²) in [7, 11) is 0. The third kappa shape index (κ3) is 1.99. The Morgan fingerprint density at radius 2 is 2.27 bits per heavy atom. The average Bonchev–Trinajstić information content (AvgIpc) is 2.55. The largest absolute Gasteiger partial charge is 0.298 e. The van der Waals surface area contributed by atoms with Crippen molar-refractivity contribution in [1.82, 2.24) is 10.4 Å². The van der Waals surface area contributed by atoms with Crippen molar-refractivity contribution in [1.29, 1.82) is 0 Å². The van der Waals surface area contributed by atoms with Gasteiger partial charge in [0.15, 0.2) is 6.29 Å². The number of allylic oxidation sites excluding steroid dienone is 3. The first-order valence-electron chi connectivity index (χ1n) is 4.49. The summed E-state index contributed by atoms with van der Waals surface area (Å²) in [4.78, 5) is 15.0. The van der Waals surface area contributed by atoms with Crippen LogP contribution in [0.25, 0.3) is 0 Å². The van der Waals surface area contributed by atoms with E-state index in [0.717, 1.165) is 6.29 Å². The molecule has 0 radical (unpaired) electrons. The molecule has 1 aliphatic rings. The number of hydrazone groups is 1. The van der Waals surface area contributed by atoms with Crippen molar-refractivity contribution in [2.45, 2.75) is 0 Å². The van der Waals surface area contributed by atoms with Gasteiger partial charge in [-0.05, 0) is 24.3 Å². The van der Waals surface area contributed by atoms with Crippen LogP contribution in [0.5, 0.6) is 0 Å². The van der Waals surface area contributed by atoms with Crippen molar-refractivity contribution in [3.8, 4) is 0 Å². The van der Waals surface area contributed by atoms with Crippen molar-refractivity contribution in [3.63, 3.8) is 0 Å². The summed E-state index contributed by atoms with van der Waals surface area (Å²) in [6.07, 6.45) is 7.51. The molecule has 0 atom stereocenters. The zero-order chi connectivity index (χ0) is 10.5. The molecule has 0 aromatic carbocycles. The van der Waals surface area contributed by atoms with Crippen molar-refractivity contribution in [2.24, 2.45) is 5.10 Å². The van der Waals surface area contributed by atoms with Gasteiger partial charge in [-0.1, -0.05) is 6.07 Å². The zero-order valence-electron chi connectivity index (χ0n) is 7.92. The van der Waals surface area contributed by atoms with Gasteiger partial charge in [-0.25, -0.2) is 0 Å². The maximum absolute atomic E-state index is 10.9. The Hall–Kier alpha value is -2.23. The number of hydrogen-bond acceptors (Lipinski definition) is 4. The molecule has 0 unspecified atom stereocenters. The van der Waals surface area contributed by atoms with Gasteiger partial charge in [-0.3, -0.25) is 15.2 Å². The van der Waals surface area contributed by atoms with Crippen LogP contribution in [0.4, 0.5) is 0 Å². The minimum atomic E-state index is 0.509. The maximum Gasteiger partial charge on any atom is 0.152 e. The minimum Gasteiger partial charge on any atom is -0.298 e. The number of aldehydes is 1. The molecule has 2 rings (SSSR count). The summed E-state index contributed by atoms with van der Waals surface area (Å²) in [5, 5.41) is 4.06. The average molecular weight is 199 g/mol. The van der Waals surface area contributed by atoms with Crippen molar-refractivity contribution >= 4 is 12.0 Å². The molecule has 1 N–H and O–H groups in total. The molecular formula is C11H9N3O. The van der Waals surface area contributed by atoms with E-state index in [2.05, 4.69) is 15.5 Å². The van der Waals surface area contributed by atoms with E-state index < -0.39 is 0 Å². The van der Waals surface area contributed by atoms with Crippen molar-refractivity contribution < 1.29 is 4.79 Å². The van der Waals surface area contributed by atoms with Crippen molar-refractivity contribution in [2.75, 3.05) is 0 Å². The normalized spacial score (nSPS) is 14.7. The second-order valence-electron chi connectivity index (χ2n) is 2.90. The molecule has 0 fully saturated rings. The molecule has 0 spiro atoms. The minimum absolute atomic E-state index is 0.509. The predicted molar refractivity (Wildman–Crippen MR) is 57.2 cm³/mol. The number of nitrogens with zero attached hydrogens (tertiary/aromatic N) is 2. The van der Waals surface area contributed by atoms with E-state index in [1.54, 1.807) is 24.5 Å². The predicted octanol–water partition coefficient (Wildman–Crippen LogP) is 1.03. The molecule has 0 aliphatic carbocycles. The molecule has 1 aliphatic heterocycles. The van der Waals surface area contributed by atoms with E-state index in [4.69, 9.17) is 0 Å². The number of hydrogen-bond donors (Lipinski definition) is 1. The van der Waals surface area contributed by atoms with Crippen LogP contribution in [-0.4, -0.2) is 17.0 Å². The van der Waals surface area contributed by atoms with E-state index in [1.165, 1.54) is 0 Å². The highest BCUT2D eigenvalue weighted by molar-refractivity contribution is 6.22. The molecule has 2 heterocycles. The Kier molecular flexibility index (Phi) is 2.69. The van der Waals surface area contributed by atoms with Crippen LogP contribution in [0.1, 0.15) is 5.69 Å². The van der Waals surface area contributed by atoms with E-state index >= 15 is 0 Å². The molecule has 74 valence electrons. The topological polar surface area (TPSA) is 54.4 Å². The summed E-state index contributed by atoms with van der Waals surface area (Å²) in [6, 6.07) is 5.48. The standard InChI is InChI=1S/C11H9N3O/c15-8-9-4-3-7-13-14-11(9)10-5-1-2-6-12-10/h1-8,13H. The summed E-state index contributed by atoms with van der Waals surface area (Å²) in [5.41, 5.74) is 4.45. The lowest BCUT2D eigenvalue weighted by molar-refractivity contribution is -0.104. The molecule has 4 heteroatoms. The van der Waals surface area contributed by atoms with E-state index in [1.807, 2.05) is 18.2 Å². The molecular weight excluding hydrogens is 190 g/mol. The number of carbonyl (C=O) groups is 1. The highest BCUT2D eigenvalue weighted by atomic mass is 16.1. The lowest BCUT2D eigenvalue weighted by Crippen LogP contribution is -2.10. The van der Waals surface area contributed by atoms with Crippen molar-refractivity contribution in [3.05, 3.63) is 54.0 Å². The second kappa shape index (κ2) is 4.32. The van der Waals surface area contributed by atoms with Gasteiger partial charge in [0.2, 0.25) is 0 Å². The second-order valence-corrected chi connectivity index (χ2v) is 2.90. The van der Waals surface area contributed by atoms with Gasteiger partial charge in [-0.2, -0.15) is 5.10 Å². The Bertz CT molecular complexity index is 446. The molecule has 1 aromatic rings. The monoisotopic (exact) mass is 199 g/mol. The highest BCUT2D eigenvalue weighted by Gasteiger charge is 2.10. The maximum atomic E-state index is 10.9. The lowest BCUT2D eigenvalue weighted by Gasteiger charge is -2.02. The number of pyridine rings is 1. The highest BCUT2D eigenvalue weighted by Crippen LogP contribution is 2.06. The summed E-state index contributed by atoms with van der Waals surface area (Å²) >= 11 is 0. The summed E-state index contributed by atoms with van der Waals surface area (Å²) < 4.78 is 0. The lowest BCUT2D eigenvalue weighted by atomic mass is 10.1. The summed E-state index contributed by atoms with van der Waals surface area (Å²) in [6.45, 7) is 0. The van der Waals surface area contributed by atoms with E-state index in [-0.39, 0.29) is 0 Å². The first-order chi connectivity index (χ1) is 7.42. The third-order valence-corrected chi connectivity index (χ3v) is 1.93. The fourth-order valence-electron chi connectivity index (χ4n) is 1.24. The first kappa shape index (κ1) is 9.33. The van der Waals surface area contributed by atoms with E-state index in [0.29, 0.717) is 17.0 Å². The van der Waals surface area contributed by atoms with E-state index in [9.17, 15) is 4.79 Å². The Morgan fingerprint density at radius 3 is 3.00 bits per heavy atom. The third-order valence-electron chi connectivity index (χ3n) is 1.93. The van der Waals surface area contributed by atoms with Crippen LogP contribution < -0.4 is 5.43 Å². The van der Waals surface area contributed by atoms with Crippen LogP contribution in [0.15, 0.2) is 53.4 Å². The molecule has 4 nitrogen and oxygen atoms in total. The Balaban J connectivity index is 2.44. The number of nitrogens with one attached hydrogen (secondary N) is 1. The van der Waals surface area contributed by atoms with Crippen LogP contribution in [0.3, 0.4) is 0 Å².